The van der Waals surface area contributed by atoms with Gasteiger partial charge in [-0.3, -0.25) is 0 Å². The lowest BCUT2D eigenvalue weighted by atomic mass is 9.97. The molecule has 0 saturated heterocycles. The molecule has 2 nitrogen and oxygen atoms in total. The highest BCUT2D eigenvalue weighted by Crippen LogP contribution is 2.35. The van der Waals surface area contributed by atoms with E-state index in [4.69, 9.17) is 4.74 Å². The van der Waals surface area contributed by atoms with Crippen molar-refractivity contribution in [1.29, 1.82) is 0 Å². The quantitative estimate of drug-likeness (QED) is 0.851. The predicted octanol–water partition coefficient (Wildman–Crippen LogP) is 4.93. The van der Waals surface area contributed by atoms with Gasteiger partial charge >= 0.3 is 0 Å². The summed E-state index contributed by atoms with van der Waals surface area (Å²) in [5, 5.41) is 3.76. The Kier molecular flexibility index (Phi) is 4.32. The molecule has 1 aliphatic rings. The Morgan fingerprint density at radius 3 is 2.86 bits per heavy atom. The molecule has 0 fully saturated rings. The second-order valence-electron chi connectivity index (χ2n) is 5.62. The van der Waals surface area contributed by atoms with Crippen molar-refractivity contribution in [3.63, 3.8) is 0 Å². The van der Waals surface area contributed by atoms with Crippen LogP contribution in [0.25, 0.3) is 0 Å². The minimum absolute atomic E-state index is 0.320. The number of nitrogens with one attached hydrogen (secondary N) is 1. The van der Waals surface area contributed by atoms with E-state index in [2.05, 4.69) is 65.4 Å². The van der Waals surface area contributed by atoms with Gasteiger partial charge in [-0.2, -0.15) is 0 Å². The van der Waals surface area contributed by atoms with Gasteiger partial charge in [0.15, 0.2) is 0 Å². The van der Waals surface area contributed by atoms with E-state index in [9.17, 15) is 0 Å². The van der Waals surface area contributed by atoms with E-state index in [0.717, 1.165) is 23.2 Å². The van der Waals surface area contributed by atoms with Crippen molar-refractivity contribution in [3.05, 3.63) is 63.6 Å². The van der Waals surface area contributed by atoms with Crippen LogP contribution in [0.2, 0.25) is 0 Å². The Hall–Kier alpha value is -1.32. The maximum Gasteiger partial charge on any atom is 0.124 e. The maximum absolute atomic E-state index is 5.76. The largest absolute Gasteiger partial charge is 0.493 e. The molecular weight excluding hydrogens is 326 g/mol. The van der Waals surface area contributed by atoms with Gasteiger partial charge in [0.2, 0.25) is 0 Å². The van der Waals surface area contributed by atoms with Crippen molar-refractivity contribution in [3.8, 4) is 5.75 Å². The van der Waals surface area contributed by atoms with Crippen LogP contribution in [0.5, 0.6) is 5.75 Å². The monoisotopic (exact) mass is 345 g/mol. The average Bonchev–Trinajstić information content (AvgIpc) is 2.48. The van der Waals surface area contributed by atoms with Crippen molar-refractivity contribution in [2.45, 2.75) is 32.4 Å². The fourth-order valence-corrected chi connectivity index (χ4v) is 3.38. The first-order valence-electron chi connectivity index (χ1n) is 7.39. The van der Waals surface area contributed by atoms with Crippen LogP contribution < -0.4 is 10.1 Å². The molecule has 0 spiro atoms. The Morgan fingerprint density at radius 1 is 1.24 bits per heavy atom. The van der Waals surface area contributed by atoms with Crippen LogP contribution in [0.4, 0.5) is 0 Å². The second kappa shape index (κ2) is 6.20. The first-order chi connectivity index (χ1) is 10.1. The minimum Gasteiger partial charge on any atom is -0.493 e. The van der Waals surface area contributed by atoms with E-state index < -0.39 is 0 Å². The number of rotatable bonds is 3. The second-order valence-corrected chi connectivity index (χ2v) is 6.53. The van der Waals surface area contributed by atoms with E-state index in [1.54, 1.807) is 0 Å². The molecule has 0 saturated carbocycles. The Balaban J connectivity index is 1.83. The van der Waals surface area contributed by atoms with Gasteiger partial charge in [0.1, 0.15) is 5.75 Å². The lowest BCUT2D eigenvalue weighted by Crippen LogP contribution is -2.29. The molecule has 2 aromatic carbocycles. The Labute approximate surface area is 134 Å². The van der Waals surface area contributed by atoms with Crippen LogP contribution in [-0.2, 0) is 0 Å². The van der Waals surface area contributed by atoms with Crippen LogP contribution in [-0.4, -0.2) is 6.61 Å². The molecule has 1 heterocycles. The van der Waals surface area contributed by atoms with Crippen LogP contribution in [0.1, 0.15) is 42.1 Å². The zero-order chi connectivity index (χ0) is 14.8. The number of fused-ring (bicyclic) bond motifs is 1. The normalized spacial score (nSPS) is 18.7. The van der Waals surface area contributed by atoms with Gasteiger partial charge in [-0.15, -0.1) is 0 Å². The third-order valence-corrected chi connectivity index (χ3v) is 4.61. The van der Waals surface area contributed by atoms with E-state index >= 15 is 0 Å². The maximum atomic E-state index is 5.76. The van der Waals surface area contributed by atoms with Gasteiger partial charge < -0.3 is 10.1 Å². The molecule has 0 bridgehead atoms. The fraction of sp³-hybridized carbons (Fsp3) is 0.333. The lowest BCUT2D eigenvalue weighted by Gasteiger charge is -2.30. The van der Waals surface area contributed by atoms with Gasteiger partial charge in [-0.05, 0) is 43.2 Å². The number of hydrogen-bond donors (Lipinski definition) is 1. The summed E-state index contributed by atoms with van der Waals surface area (Å²) in [6, 6.07) is 15.5. The third kappa shape index (κ3) is 3.14. The molecule has 0 aromatic heterocycles. The summed E-state index contributed by atoms with van der Waals surface area (Å²) >= 11 is 3.56. The topological polar surface area (TPSA) is 21.3 Å². The van der Waals surface area contributed by atoms with Crippen molar-refractivity contribution in [2.24, 2.45) is 0 Å². The van der Waals surface area contributed by atoms with Gasteiger partial charge in [0, 0.05) is 28.5 Å². The summed E-state index contributed by atoms with van der Waals surface area (Å²) in [5.41, 5.74) is 3.94. The van der Waals surface area contributed by atoms with Crippen LogP contribution in [0.15, 0.2) is 46.9 Å². The van der Waals surface area contributed by atoms with Gasteiger partial charge in [0.25, 0.3) is 0 Å². The predicted molar refractivity (Wildman–Crippen MR) is 89.7 cm³/mol. The van der Waals surface area contributed by atoms with Crippen LogP contribution in [0.3, 0.4) is 0 Å². The third-order valence-electron chi connectivity index (χ3n) is 4.12. The Bertz CT molecular complexity index is 641. The number of aryl methyl sites for hydroxylation is 1. The van der Waals surface area contributed by atoms with Gasteiger partial charge in [-0.1, -0.05) is 40.2 Å². The Morgan fingerprint density at radius 2 is 2.05 bits per heavy atom. The van der Waals surface area contributed by atoms with Crippen LogP contribution >= 0.6 is 15.9 Å². The first kappa shape index (κ1) is 14.6. The summed E-state index contributed by atoms with van der Waals surface area (Å²) in [6.45, 7) is 5.17. The molecule has 3 rings (SSSR count). The molecule has 1 N–H and O–H groups in total. The van der Waals surface area contributed by atoms with E-state index in [-0.39, 0.29) is 0 Å². The summed E-state index contributed by atoms with van der Waals surface area (Å²) in [6.07, 6.45) is 1.000. The molecule has 0 amide bonds. The van der Waals surface area contributed by atoms with Crippen molar-refractivity contribution >= 4 is 15.9 Å². The molecule has 2 atom stereocenters. The number of ether oxygens (including phenoxy) is 1. The summed E-state index contributed by atoms with van der Waals surface area (Å²) in [7, 11) is 0. The molecule has 2 aromatic rings. The molecule has 21 heavy (non-hydrogen) atoms. The standard InChI is InChI=1S/C18H20BrNO/c1-12-5-3-4-6-15(12)13(2)20-17-9-10-21-18-8-7-14(19)11-16(17)18/h3-8,11,13,17,20H,9-10H2,1-2H3/t13-,17?/m1/s1. The van der Waals surface area contributed by atoms with Crippen molar-refractivity contribution in [2.75, 3.05) is 6.61 Å². The molecular formula is C18H20BrNO. The van der Waals surface area contributed by atoms with E-state index in [0.29, 0.717) is 12.1 Å². The molecule has 3 heteroatoms. The van der Waals surface area contributed by atoms with E-state index in [1.165, 1.54) is 16.7 Å². The highest BCUT2D eigenvalue weighted by atomic mass is 79.9. The highest BCUT2D eigenvalue weighted by molar-refractivity contribution is 9.10. The highest BCUT2D eigenvalue weighted by Gasteiger charge is 2.23. The summed E-state index contributed by atoms with van der Waals surface area (Å²) in [5.74, 6) is 0.999. The van der Waals surface area contributed by atoms with Gasteiger partial charge in [-0.25, -0.2) is 0 Å². The van der Waals surface area contributed by atoms with E-state index in [1.807, 2.05) is 12.1 Å². The number of hydrogen-bond acceptors (Lipinski definition) is 2. The average molecular weight is 346 g/mol. The number of halogens is 1. The fourth-order valence-electron chi connectivity index (χ4n) is 3.00. The zero-order valence-corrected chi connectivity index (χ0v) is 14.0. The summed E-state index contributed by atoms with van der Waals surface area (Å²) in [4.78, 5) is 0. The summed E-state index contributed by atoms with van der Waals surface area (Å²) < 4.78 is 6.86. The smallest absolute Gasteiger partial charge is 0.124 e. The van der Waals surface area contributed by atoms with Crippen molar-refractivity contribution < 1.29 is 4.74 Å². The van der Waals surface area contributed by atoms with Gasteiger partial charge in [0.05, 0.1) is 6.61 Å². The molecule has 110 valence electrons. The first-order valence-corrected chi connectivity index (χ1v) is 8.18. The molecule has 1 unspecified atom stereocenters. The molecule has 0 aliphatic carbocycles. The van der Waals surface area contributed by atoms with Crippen molar-refractivity contribution in [1.82, 2.24) is 5.32 Å². The molecule has 0 radical (unpaired) electrons. The number of benzene rings is 2. The SMILES string of the molecule is Cc1ccccc1[C@@H](C)NC1CCOc2ccc(Br)cc21. The minimum atomic E-state index is 0.320. The molecule has 1 aliphatic heterocycles. The lowest BCUT2D eigenvalue weighted by molar-refractivity contribution is 0.246. The van der Waals surface area contributed by atoms with Crippen LogP contribution in [0, 0.1) is 6.92 Å². The zero-order valence-electron chi connectivity index (χ0n) is 12.4.